The summed E-state index contributed by atoms with van der Waals surface area (Å²) in [4.78, 5) is 11.8. The number of rotatable bonds is 6. The highest BCUT2D eigenvalue weighted by molar-refractivity contribution is 7.99. The molecule has 1 aliphatic rings. The second-order valence-corrected chi connectivity index (χ2v) is 6.41. The molecule has 1 aromatic carbocycles. The van der Waals surface area contributed by atoms with Gasteiger partial charge in [0.25, 0.3) is 0 Å². The average Bonchev–Trinajstić information content (AvgIpc) is 3.25. The normalized spacial score (nSPS) is 16.1. The van der Waals surface area contributed by atoms with Crippen LogP contribution < -0.4 is 11.0 Å². The number of aryl methyl sites for hydroxylation is 1. The van der Waals surface area contributed by atoms with Crippen LogP contribution in [0.2, 0.25) is 0 Å². The zero-order valence-electron chi connectivity index (χ0n) is 12.3. The van der Waals surface area contributed by atoms with Crippen molar-refractivity contribution >= 4 is 11.8 Å². The maximum atomic E-state index is 11.8. The molecule has 1 atom stereocenters. The maximum Gasteiger partial charge on any atom is 0.344 e. The van der Waals surface area contributed by atoms with Crippen molar-refractivity contribution in [3.63, 3.8) is 0 Å². The molecule has 0 saturated heterocycles. The van der Waals surface area contributed by atoms with Gasteiger partial charge in [-0.2, -0.15) is 0 Å². The van der Waals surface area contributed by atoms with Gasteiger partial charge in [0.15, 0.2) is 5.16 Å². The molecule has 1 heterocycles. The third-order valence-corrected chi connectivity index (χ3v) is 4.92. The van der Waals surface area contributed by atoms with Gasteiger partial charge in [0.2, 0.25) is 0 Å². The van der Waals surface area contributed by atoms with E-state index in [9.17, 15) is 4.79 Å². The Morgan fingerprint density at radius 2 is 2.24 bits per heavy atom. The van der Waals surface area contributed by atoms with E-state index >= 15 is 0 Å². The number of benzene rings is 1. The minimum atomic E-state index is -0.0862. The molecule has 0 bridgehead atoms. The van der Waals surface area contributed by atoms with Crippen molar-refractivity contribution in [2.24, 2.45) is 0 Å². The minimum absolute atomic E-state index is 0.0862. The van der Waals surface area contributed by atoms with Crippen molar-refractivity contribution in [1.82, 2.24) is 20.1 Å². The van der Waals surface area contributed by atoms with Gasteiger partial charge >= 0.3 is 5.69 Å². The fraction of sp³-hybridized carbons (Fsp3) is 0.467. The van der Waals surface area contributed by atoms with Crippen LogP contribution in [0.4, 0.5) is 0 Å². The quantitative estimate of drug-likeness (QED) is 0.804. The number of aromatic amines is 1. The maximum absolute atomic E-state index is 11.8. The first-order valence-electron chi connectivity index (χ1n) is 7.23. The van der Waals surface area contributed by atoms with Crippen molar-refractivity contribution in [2.45, 2.75) is 37.0 Å². The Morgan fingerprint density at radius 1 is 1.48 bits per heavy atom. The molecule has 112 valence electrons. The molecule has 1 aliphatic carbocycles. The monoisotopic (exact) mass is 304 g/mol. The van der Waals surface area contributed by atoms with Crippen LogP contribution in [0.25, 0.3) is 0 Å². The van der Waals surface area contributed by atoms with Crippen LogP contribution in [0.3, 0.4) is 0 Å². The van der Waals surface area contributed by atoms with Gasteiger partial charge in [0.1, 0.15) is 0 Å². The molecule has 0 radical (unpaired) electrons. The van der Waals surface area contributed by atoms with Gasteiger partial charge in [0, 0.05) is 17.8 Å². The molecule has 2 N–H and O–H groups in total. The Morgan fingerprint density at radius 3 is 2.90 bits per heavy atom. The molecule has 21 heavy (non-hydrogen) atoms. The summed E-state index contributed by atoms with van der Waals surface area (Å²) in [7, 11) is 1.97. The second kappa shape index (κ2) is 6.07. The molecular formula is C15H20N4OS. The summed E-state index contributed by atoms with van der Waals surface area (Å²) in [5, 5.41) is 10.9. The minimum Gasteiger partial charge on any atom is -0.312 e. The van der Waals surface area contributed by atoms with E-state index in [-0.39, 0.29) is 11.7 Å². The lowest BCUT2D eigenvalue weighted by atomic mass is 10.0. The fourth-order valence-corrected chi connectivity index (χ4v) is 3.65. The molecular weight excluding hydrogens is 284 g/mol. The SMILES string of the molecule is CNC(CSc1n[nH]c(=O)n1C1CC1)c1ccccc1C. The van der Waals surface area contributed by atoms with Crippen molar-refractivity contribution < 1.29 is 0 Å². The van der Waals surface area contributed by atoms with Crippen LogP contribution in [0.15, 0.2) is 34.2 Å². The molecule has 3 rings (SSSR count). The van der Waals surface area contributed by atoms with Crippen molar-refractivity contribution in [3.8, 4) is 0 Å². The smallest absolute Gasteiger partial charge is 0.312 e. The molecule has 0 spiro atoms. The molecule has 5 nitrogen and oxygen atoms in total. The topological polar surface area (TPSA) is 62.7 Å². The van der Waals surface area contributed by atoms with Crippen molar-refractivity contribution in [1.29, 1.82) is 0 Å². The van der Waals surface area contributed by atoms with Gasteiger partial charge in [-0.25, -0.2) is 9.89 Å². The van der Waals surface area contributed by atoms with Crippen LogP contribution in [0.5, 0.6) is 0 Å². The van der Waals surface area contributed by atoms with Gasteiger partial charge < -0.3 is 5.32 Å². The summed E-state index contributed by atoms with van der Waals surface area (Å²) in [6.45, 7) is 2.12. The number of nitrogens with zero attached hydrogens (tertiary/aromatic N) is 2. The summed E-state index contributed by atoms with van der Waals surface area (Å²) < 4.78 is 1.80. The lowest BCUT2D eigenvalue weighted by molar-refractivity contribution is 0.633. The van der Waals surface area contributed by atoms with Crippen LogP contribution in [-0.4, -0.2) is 27.6 Å². The van der Waals surface area contributed by atoms with Gasteiger partial charge in [-0.1, -0.05) is 36.0 Å². The lowest BCUT2D eigenvalue weighted by Crippen LogP contribution is -2.20. The number of hydrogen-bond acceptors (Lipinski definition) is 4. The van der Waals surface area contributed by atoms with E-state index in [4.69, 9.17) is 0 Å². The molecule has 0 amide bonds. The Labute approximate surface area is 128 Å². The van der Waals surface area contributed by atoms with Crippen LogP contribution in [-0.2, 0) is 0 Å². The largest absolute Gasteiger partial charge is 0.344 e. The molecule has 1 fully saturated rings. The predicted molar refractivity (Wildman–Crippen MR) is 84.8 cm³/mol. The number of H-pyrrole nitrogens is 1. The van der Waals surface area contributed by atoms with Gasteiger partial charge in [0.05, 0.1) is 0 Å². The number of aromatic nitrogens is 3. The highest BCUT2D eigenvalue weighted by atomic mass is 32.2. The van der Waals surface area contributed by atoms with Crippen molar-refractivity contribution in [3.05, 3.63) is 45.9 Å². The molecule has 1 aromatic heterocycles. The Balaban J connectivity index is 1.74. The molecule has 1 saturated carbocycles. The summed E-state index contributed by atoms with van der Waals surface area (Å²) in [5.41, 5.74) is 2.49. The van der Waals surface area contributed by atoms with E-state index in [1.165, 1.54) is 11.1 Å². The van der Waals surface area contributed by atoms with Gasteiger partial charge in [-0.15, -0.1) is 5.10 Å². The first-order valence-corrected chi connectivity index (χ1v) is 8.21. The molecule has 0 aliphatic heterocycles. The van der Waals surface area contributed by atoms with E-state index in [0.717, 1.165) is 23.8 Å². The van der Waals surface area contributed by atoms with Crippen LogP contribution >= 0.6 is 11.8 Å². The lowest BCUT2D eigenvalue weighted by Gasteiger charge is -2.18. The van der Waals surface area contributed by atoms with Gasteiger partial charge in [-0.3, -0.25) is 4.57 Å². The van der Waals surface area contributed by atoms with E-state index in [2.05, 4.69) is 46.7 Å². The third kappa shape index (κ3) is 3.06. The molecule has 1 unspecified atom stereocenters. The van der Waals surface area contributed by atoms with Crippen molar-refractivity contribution in [2.75, 3.05) is 12.8 Å². The van der Waals surface area contributed by atoms with E-state index in [1.54, 1.807) is 16.3 Å². The predicted octanol–water partition coefficient (Wildman–Crippen LogP) is 2.27. The van der Waals surface area contributed by atoms with E-state index in [0.29, 0.717) is 6.04 Å². The van der Waals surface area contributed by atoms with E-state index < -0.39 is 0 Å². The number of thioether (sulfide) groups is 1. The summed E-state index contributed by atoms with van der Waals surface area (Å²) in [5.74, 6) is 0.846. The summed E-state index contributed by atoms with van der Waals surface area (Å²) in [6, 6.07) is 8.98. The third-order valence-electron chi connectivity index (χ3n) is 3.88. The molecule has 6 heteroatoms. The van der Waals surface area contributed by atoms with E-state index in [1.807, 2.05) is 7.05 Å². The Kier molecular flexibility index (Phi) is 4.17. The van der Waals surface area contributed by atoms with Gasteiger partial charge in [-0.05, 0) is 37.9 Å². The zero-order chi connectivity index (χ0) is 14.8. The standard InChI is InChI=1S/C15H20N4OS/c1-10-5-3-4-6-12(10)13(16-2)9-21-15-18-17-14(20)19(15)11-7-8-11/h3-6,11,13,16H,7-9H2,1-2H3,(H,17,20). The average molecular weight is 304 g/mol. The summed E-state index contributed by atoms with van der Waals surface area (Å²) >= 11 is 1.63. The highest BCUT2D eigenvalue weighted by Crippen LogP contribution is 2.36. The molecule has 2 aromatic rings. The first kappa shape index (κ1) is 14.4. The zero-order valence-corrected chi connectivity index (χ0v) is 13.1. The first-order chi connectivity index (χ1) is 10.2. The van der Waals surface area contributed by atoms with Crippen LogP contribution in [0, 0.1) is 6.92 Å². The fourth-order valence-electron chi connectivity index (χ4n) is 2.51. The second-order valence-electron chi connectivity index (χ2n) is 5.42. The Bertz CT molecular complexity index is 674. The Hall–Kier alpha value is -1.53. The highest BCUT2D eigenvalue weighted by Gasteiger charge is 2.28. The number of hydrogen-bond donors (Lipinski definition) is 2. The summed E-state index contributed by atoms with van der Waals surface area (Å²) in [6.07, 6.45) is 2.17. The van der Waals surface area contributed by atoms with Crippen LogP contribution in [0.1, 0.15) is 36.1 Å². The number of nitrogens with one attached hydrogen (secondary N) is 2.